The van der Waals surface area contributed by atoms with Crippen molar-refractivity contribution in [3.63, 3.8) is 0 Å². The highest BCUT2D eigenvalue weighted by atomic mass is 32.1. The third-order valence-electron chi connectivity index (χ3n) is 4.36. The molecule has 3 N–H and O–H groups in total. The van der Waals surface area contributed by atoms with Crippen LogP contribution in [0, 0.1) is 11.3 Å². The zero-order valence-electron chi connectivity index (χ0n) is 16.3. The molecule has 0 aliphatic carbocycles. The number of nitriles is 1. The second-order valence-electron chi connectivity index (χ2n) is 6.26. The van der Waals surface area contributed by atoms with E-state index in [0.717, 1.165) is 23.5 Å². The number of carbonyl (C=O) groups is 1. The van der Waals surface area contributed by atoms with E-state index in [2.05, 4.69) is 5.32 Å². The van der Waals surface area contributed by atoms with E-state index in [1.54, 1.807) is 6.07 Å². The normalized spacial score (nSPS) is 11.0. The molecular weight excluding hydrogens is 431 g/mol. The number of halogens is 3. The first kappa shape index (κ1) is 22.0. The number of nitrogen functional groups attached to an aromatic ring is 1. The van der Waals surface area contributed by atoms with Crippen molar-refractivity contribution in [3.05, 3.63) is 64.0 Å². The summed E-state index contributed by atoms with van der Waals surface area (Å²) in [5.41, 5.74) is 5.46. The van der Waals surface area contributed by atoms with Gasteiger partial charge in [0, 0.05) is 11.3 Å². The standard InChI is InChI=1S/C21H16F3N3O3S/c1-29-15-7-6-11(8-16(15)30-2)18(28)19-17(26)14(10-25)20(31-19)27-13-5-3-4-12(9-13)21(22,23)24/h3-9,27H,26H2,1-2H3. The van der Waals surface area contributed by atoms with Crippen molar-refractivity contribution in [2.24, 2.45) is 0 Å². The number of anilines is 3. The molecule has 2 aromatic carbocycles. The molecule has 3 aromatic rings. The Bertz CT molecular complexity index is 1180. The maximum Gasteiger partial charge on any atom is 0.416 e. The van der Waals surface area contributed by atoms with Crippen molar-refractivity contribution in [1.29, 1.82) is 5.26 Å². The average Bonchev–Trinajstić information content (AvgIpc) is 3.07. The fraction of sp³-hybridized carbons (Fsp3) is 0.143. The Morgan fingerprint density at radius 3 is 2.45 bits per heavy atom. The summed E-state index contributed by atoms with van der Waals surface area (Å²) < 4.78 is 49.3. The lowest BCUT2D eigenvalue weighted by Crippen LogP contribution is -2.05. The lowest BCUT2D eigenvalue weighted by atomic mass is 10.1. The van der Waals surface area contributed by atoms with Gasteiger partial charge >= 0.3 is 6.18 Å². The Balaban J connectivity index is 1.99. The van der Waals surface area contributed by atoms with E-state index in [1.165, 1.54) is 38.5 Å². The zero-order chi connectivity index (χ0) is 22.8. The lowest BCUT2D eigenvalue weighted by Gasteiger charge is -2.09. The highest BCUT2D eigenvalue weighted by Gasteiger charge is 2.30. The number of ketones is 1. The van der Waals surface area contributed by atoms with Gasteiger partial charge in [-0.15, -0.1) is 11.3 Å². The summed E-state index contributed by atoms with van der Waals surface area (Å²) in [6, 6.07) is 11.0. The van der Waals surface area contributed by atoms with Gasteiger partial charge in [0.2, 0.25) is 5.78 Å². The van der Waals surface area contributed by atoms with E-state index < -0.39 is 17.5 Å². The topological polar surface area (TPSA) is 97.4 Å². The molecule has 0 spiro atoms. The first-order valence-electron chi connectivity index (χ1n) is 8.73. The monoisotopic (exact) mass is 447 g/mol. The van der Waals surface area contributed by atoms with Crippen molar-refractivity contribution in [2.45, 2.75) is 6.18 Å². The van der Waals surface area contributed by atoms with Crippen LogP contribution >= 0.6 is 11.3 Å². The quantitative estimate of drug-likeness (QED) is 0.504. The Labute approximate surface area is 179 Å². The van der Waals surface area contributed by atoms with Crippen LogP contribution in [0.3, 0.4) is 0 Å². The van der Waals surface area contributed by atoms with E-state index in [9.17, 15) is 23.2 Å². The van der Waals surface area contributed by atoms with Crippen LogP contribution in [0.4, 0.5) is 29.5 Å². The van der Waals surface area contributed by atoms with Gasteiger partial charge in [-0.25, -0.2) is 0 Å². The van der Waals surface area contributed by atoms with Crippen molar-refractivity contribution in [1.82, 2.24) is 0 Å². The highest BCUT2D eigenvalue weighted by molar-refractivity contribution is 7.19. The summed E-state index contributed by atoms with van der Waals surface area (Å²) in [7, 11) is 2.89. The summed E-state index contributed by atoms with van der Waals surface area (Å²) in [6.45, 7) is 0. The number of nitrogens with zero attached hydrogens (tertiary/aromatic N) is 1. The summed E-state index contributed by atoms with van der Waals surface area (Å²) in [6.07, 6.45) is -4.52. The minimum Gasteiger partial charge on any atom is -0.493 e. The maximum atomic E-state index is 13.0. The van der Waals surface area contributed by atoms with E-state index in [-0.39, 0.29) is 32.4 Å². The van der Waals surface area contributed by atoms with E-state index >= 15 is 0 Å². The Morgan fingerprint density at radius 1 is 1.13 bits per heavy atom. The van der Waals surface area contributed by atoms with Gasteiger partial charge in [0.25, 0.3) is 0 Å². The number of alkyl halides is 3. The number of hydrogen-bond donors (Lipinski definition) is 2. The predicted molar refractivity (Wildman–Crippen MR) is 111 cm³/mol. The van der Waals surface area contributed by atoms with Crippen molar-refractivity contribution < 1.29 is 27.4 Å². The van der Waals surface area contributed by atoms with Gasteiger partial charge in [-0.05, 0) is 36.4 Å². The molecule has 0 bridgehead atoms. The van der Waals surface area contributed by atoms with Crippen LogP contribution in [-0.2, 0) is 6.18 Å². The molecule has 0 saturated carbocycles. The average molecular weight is 447 g/mol. The van der Waals surface area contributed by atoms with Gasteiger partial charge in [-0.2, -0.15) is 18.4 Å². The molecule has 3 rings (SSSR count). The summed E-state index contributed by atoms with van der Waals surface area (Å²) >= 11 is 0.884. The summed E-state index contributed by atoms with van der Waals surface area (Å²) in [5.74, 6) is 0.311. The predicted octanol–water partition coefficient (Wildman–Crippen LogP) is 5.21. The molecule has 0 unspecified atom stereocenters. The van der Waals surface area contributed by atoms with Crippen molar-refractivity contribution in [2.75, 3.05) is 25.3 Å². The van der Waals surface area contributed by atoms with Gasteiger partial charge in [-0.1, -0.05) is 6.07 Å². The first-order valence-corrected chi connectivity index (χ1v) is 9.54. The Kier molecular flexibility index (Phi) is 6.08. The molecule has 0 fully saturated rings. The number of rotatable bonds is 6. The molecular formula is C21H16F3N3O3S. The van der Waals surface area contributed by atoms with Gasteiger partial charge in [0.05, 0.1) is 25.5 Å². The molecule has 10 heteroatoms. The van der Waals surface area contributed by atoms with Gasteiger partial charge in [0.15, 0.2) is 11.5 Å². The van der Waals surface area contributed by atoms with E-state index in [1.807, 2.05) is 6.07 Å². The van der Waals surface area contributed by atoms with Crippen LogP contribution in [0.5, 0.6) is 11.5 Å². The number of nitrogens with one attached hydrogen (secondary N) is 1. The highest BCUT2D eigenvalue weighted by Crippen LogP contribution is 2.40. The van der Waals surface area contributed by atoms with Gasteiger partial charge in [-0.3, -0.25) is 4.79 Å². The molecule has 31 heavy (non-hydrogen) atoms. The zero-order valence-corrected chi connectivity index (χ0v) is 17.1. The van der Waals surface area contributed by atoms with Crippen LogP contribution < -0.4 is 20.5 Å². The largest absolute Gasteiger partial charge is 0.493 e. The van der Waals surface area contributed by atoms with E-state index in [0.29, 0.717) is 11.5 Å². The summed E-state index contributed by atoms with van der Waals surface area (Å²) in [4.78, 5) is 13.1. The SMILES string of the molecule is COc1ccc(C(=O)c2sc(Nc3cccc(C(F)(F)F)c3)c(C#N)c2N)cc1OC. The number of ether oxygens (including phenoxy) is 2. The molecule has 0 aliphatic heterocycles. The molecule has 0 radical (unpaired) electrons. The smallest absolute Gasteiger partial charge is 0.416 e. The van der Waals surface area contributed by atoms with Crippen LogP contribution in [0.25, 0.3) is 0 Å². The first-order chi connectivity index (χ1) is 14.7. The van der Waals surface area contributed by atoms with Crippen molar-refractivity contribution >= 4 is 33.5 Å². The Hall–Kier alpha value is -3.71. The number of nitrogens with two attached hydrogens (primary N) is 1. The number of benzene rings is 2. The maximum absolute atomic E-state index is 13.0. The molecule has 0 amide bonds. The van der Waals surface area contributed by atoms with Gasteiger partial charge in [0.1, 0.15) is 21.5 Å². The molecule has 0 atom stereocenters. The number of hydrogen-bond acceptors (Lipinski definition) is 7. The fourth-order valence-corrected chi connectivity index (χ4v) is 3.88. The third kappa shape index (κ3) is 4.41. The lowest BCUT2D eigenvalue weighted by molar-refractivity contribution is -0.137. The fourth-order valence-electron chi connectivity index (χ4n) is 2.82. The second-order valence-corrected chi connectivity index (χ2v) is 7.28. The van der Waals surface area contributed by atoms with Crippen LogP contribution in [-0.4, -0.2) is 20.0 Å². The third-order valence-corrected chi connectivity index (χ3v) is 5.48. The van der Waals surface area contributed by atoms with Gasteiger partial charge < -0.3 is 20.5 Å². The Morgan fingerprint density at radius 2 is 1.84 bits per heavy atom. The molecule has 0 saturated heterocycles. The second kappa shape index (κ2) is 8.57. The van der Waals surface area contributed by atoms with Crippen molar-refractivity contribution in [3.8, 4) is 17.6 Å². The van der Waals surface area contributed by atoms with Crippen LogP contribution in [0.2, 0.25) is 0 Å². The minimum atomic E-state index is -4.52. The van der Waals surface area contributed by atoms with Crippen LogP contribution in [0.15, 0.2) is 42.5 Å². The molecule has 0 aliphatic rings. The number of thiophene rings is 1. The molecule has 1 aromatic heterocycles. The minimum absolute atomic E-state index is 0.0220. The number of methoxy groups -OCH3 is 2. The number of carbonyl (C=O) groups excluding carboxylic acids is 1. The summed E-state index contributed by atoms with van der Waals surface area (Å²) in [5, 5.41) is 12.4. The molecule has 6 nitrogen and oxygen atoms in total. The van der Waals surface area contributed by atoms with E-state index in [4.69, 9.17) is 15.2 Å². The van der Waals surface area contributed by atoms with Crippen LogP contribution in [0.1, 0.15) is 26.4 Å². The molecule has 160 valence electrons. The molecule has 1 heterocycles.